The number of alkyl halides is 3. The summed E-state index contributed by atoms with van der Waals surface area (Å²) in [6.45, 7) is 0. The third-order valence-electron chi connectivity index (χ3n) is 5.02. The normalized spacial score (nSPS) is 11.0. The molecule has 0 aliphatic heterocycles. The number of carbonyl (C=O) groups excluding carboxylic acids is 2. The highest BCUT2D eigenvalue weighted by Crippen LogP contribution is 2.37. The monoisotopic (exact) mass is 490 g/mol. The Hall–Kier alpha value is -4.08. The predicted octanol–water partition coefficient (Wildman–Crippen LogP) is 5.69. The van der Waals surface area contributed by atoms with Gasteiger partial charge in [0.25, 0.3) is 5.91 Å². The maximum atomic E-state index is 13.7. The Morgan fingerprint density at radius 3 is 2.06 bits per heavy atom. The van der Waals surface area contributed by atoms with Crippen LogP contribution < -0.4 is 20.1 Å². The standard InChI is InChI=1S/C25H22F4N2O4/c1-34-19-11-15(12-20(14-19)35-2)3-10-23(32)31-22-9-8-18(13-21(22)25(27,28)29)30-24(33)16-4-6-17(26)7-5-16/h4-9,11-14H,3,10H2,1-2H3,(H,30,33)(H,31,32). The lowest BCUT2D eigenvalue weighted by Crippen LogP contribution is -2.18. The number of benzene rings is 3. The third-order valence-corrected chi connectivity index (χ3v) is 5.02. The molecule has 0 saturated carbocycles. The summed E-state index contributed by atoms with van der Waals surface area (Å²) in [7, 11) is 2.96. The van der Waals surface area contributed by atoms with Gasteiger partial charge in [0, 0.05) is 23.7 Å². The van der Waals surface area contributed by atoms with Gasteiger partial charge in [-0.3, -0.25) is 9.59 Å². The Kier molecular flexibility index (Phi) is 7.95. The second-order valence-electron chi connectivity index (χ2n) is 7.49. The van der Waals surface area contributed by atoms with Crippen molar-refractivity contribution in [3.63, 3.8) is 0 Å². The molecular formula is C25H22F4N2O4. The maximum absolute atomic E-state index is 13.7. The fraction of sp³-hybridized carbons (Fsp3) is 0.200. The molecule has 0 fully saturated rings. The number of methoxy groups -OCH3 is 2. The van der Waals surface area contributed by atoms with Gasteiger partial charge in [0.05, 0.1) is 25.5 Å². The van der Waals surface area contributed by atoms with Crippen LogP contribution in [0.1, 0.15) is 27.9 Å². The lowest BCUT2D eigenvalue weighted by atomic mass is 10.1. The van der Waals surface area contributed by atoms with Gasteiger partial charge in [-0.05, 0) is 66.6 Å². The molecule has 0 aliphatic carbocycles. The highest BCUT2D eigenvalue weighted by atomic mass is 19.4. The Balaban J connectivity index is 1.72. The summed E-state index contributed by atoms with van der Waals surface area (Å²) in [6, 6.07) is 12.6. The number of hydrogen-bond donors (Lipinski definition) is 2. The highest BCUT2D eigenvalue weighted by Gasteiger charge is 2.34. The fourth-order valence-corrected chi connectivity index (χ4v) is 3.25. The largest absolute Gasteiger partial charge is 0.497 e. The van der Waals surface area contributed by atoms with E-state index in [4.69, 9.17) is 9.47 Å². The molecule has 2 amide bonds. The molecule has 0 aliphatic rings. The molecule has 184 valence electrons. The lowest BCUT2D eigenvalue weighted by molar-refractivity contribution is -0.136. The average Bonchev–Trinajstić information content (AvgIpc) is 2.83. The van der Waals surface area contributed by atoms with E-state index in [0.717, 1.165) is 24.3 Å². The average molecular weight is 490 g/mol. The first-order chi connectivity index (χ1) is 16.6. The molecule has 3 aromatic rings. The van der Waals surface area contributed by atoms with Gasteiger partial charge in [-0.15, -0.1) is 0 Å². The van der Waals surface area contributed by atoms with E-state index in [9.17, 15) is 27.2 Å². The number of anilines is 2. The molecule has 6 nitrogen and oxygen atoms in total. The van der Waals surface area contributed by atoms with Crippen molar-refractivity contribution in [3.05, 3.63) is 83.2 Å². The number of aryl methyl sites for hydroxylation is 1. The van der Waals surface area contributed by atoms with Gasteiger partial charge in [0.2, 0.25) is 5.91 Å². The number of ether oxygens (including phenoxy) is 2. The smallest absolute Gasteiger partial charge is 0.418 e. The fourth-order valence-electron chi connectivity index (χ4n) is 3.25. The quantitative estimate of drug-likeness (QED) is 0.398. The van der Waals surface area contributed by atoms with Crippen molar-refractivity contribution in [2.45, 2.75) is 19.0 Å². The minimum atomic E-state index is -4.79. The molecule has 2 N–H and O–H groups in total. The number of hydrogen-bond acceptors (Lipinski definition) is 4. The van der Waals surface area contributed by atoms with Gasteiger partial charge < -0.3 is 20.1 Å². The summed E-state index contributed by atoms with van der Waals surface area (Å²) in [5, 5.41) is 4.63. The zero-order valence-corrected chi connectivity index (χ0v) is 18.8. The molecule has 35 heavy (non-hydrogen) atoms. The van der Waals surface area contributed by atoms with Crippen LogP contribution in [0.25, 0.3) is 0 Å². The molecule has 0 unspecified atom stereocenters. The van der Waals surface area contributed by atoms with E-state index in [-0.39, 0.29) is 24.1 Å². The summed E-state index contributed by atoms with van der Waals surface area (Å²) in [6.07, 6.45) is -4.64. The number of carbonyl (C=O) groups is 2. The first kappa shape index (κ1) is 25.5. The van der Waals surface area contributed by atoms with Crippen molar-refractivity contribution < 1.29 is 36.6 Å². The molecule has 0 spiro atoms. The van der Waals surface area contributed by atoms with Crippen LogP contribution in [0.4, 0.5) is 28.9 Å². The third kappa shape index (κ3) is 6.95. The summed E-state index contributed by atoms with van der Waals surface area (Å²) in [4.78, 5) is 24.7. The zero-order chi connectivity index (χ0) is 25.6. The van der Waals surface area contributed by atoms with Crippen LogP contribution in [0.15, 0.2) is 60.7 Å². The van der Waals surface area contributed by atoms with Crippen molar-refractivity contribution in [1.29, 1.82) is 0 Å². The Morgan fingerprint density at radius 2 is 1.49 bits per heavy atom. The van der Waals surface area contributed by atoms with Crippen LogP contribution in [0.2, 0.25) is 0 Å². The first-order valence-electron chi connectivity index (χ1n) is 10.4. The van der Waals surface area contributed by atoms with E-state index in [1.54, 1.807) is 18.2 Å². The Morgan fingerprint density at radius 1 is 0.857 bits per heavy atom. The van der Waals surface area contributed by atoms with Gasteiger partial charge in [0.1, 0.15) is 17.3 Å². The zero-order valence-electron chi connectivity index (χ0n) is 18.8. The molecule has 10 heteroatoms. The molecular weight excluding hydrogens is 468 g/mol. The van der Waals surface area contributed by atoms with Crippen LogP contribution in [-0.2, 0) is 17.4 Å². The summed E-state index contributed by atoms with van der Waals surface area (Å²) >= 11 is 0. The molecule has 0 atom stereocenters. The minimum absolute atomic E-state index is 0.0755. The Labute approximate surface area is 198 Å². The van der Waals surface area contributed by atoms with Crippen LogP contribution in [0.5, 0.6) is 11.5 Å². The summed E-state index contributed by atoms with van der Waals surface area (Å²) in [5.74, 6) is -0.828. The van der Waals surface area contributed by atoms with Gasteiger partial charge in [-0.1, -0.05) is 0 Å². The van der Waals surface area contributed by atoms with E-state index in [1.807, 2.05) is 0 Å². The second kappa shape index (κ2) is 10.9. The molecule has 0 bridgehead atoms. The maximum Gasteiger partial charge on any atom is 0.418 e. The van der Waals surface area contributed by atoms with Crippen molar-refractivity contribution in [2.75, 3.05) is 24.9 Å². The molecule has 3 rings (SSSR count). The van der Waals surface area contributed by atoms with Gasteiger partial charge in [-0.25, -0.2) is 4.39 Å². The number of amides is 2. The van der Waals surface area contributed by atoms with E-state index >= 15 is 0 Å². The predicted molar refractivity (Wildman–Crippen MR) is 122 cm³/mol. The lowest BCUT2D eigenvalue weighted by Gasteiger charge is -2.16. The summed E-state index contributed by atoms with van der Waals surface area (Å²) in [5.41, 5.74) is -0.901. The minimum Gasteiger partial charge on any atom is -0.497 e. The van der Waals surface area contributed by atoms with Gasteiger partial charge >= 0.3 is 6.18 Å². The first-order valence-corrected chi connectivity index (χ1v) is 10.4. The van der Waals surface area contributed by atoms with E-state index in [0.29, 0.717) is 17.1 Å². The SMILES string of the molecule is COc1cc(CCC(=O)Nc2ccc(NC(=O)c3ccc(F)cc3)cc2C(F)(F)F)cc(OC)c1. The van der Waals surface area contributed by atoms with Crippen LogP contribution >= 0.6 is 0 Å². The second-order valence-corrected chi connectivity index (χ2v) is 7.49. The van der Waals surface area contributed by atoms with Crippen molar-refractivity contribution in [2.24, 2.45) is 0 Å². The van der Waals surface area contributed by atoms with Gasteiger partial charge in [-0.2, -0.15) is 13.2 Å². The van der Waals surface area contributed by atoms with Crippen LogP contribution in [0.3, 0.4) is 0 Å². The molecule has 0 heterocycles. The van der Waals surface area contributed by atoms with E-state index in [2.05, 4.69) is 10.6 Å². The molecule has 0 aromatic heterocycles. The molecule has 0 radical (unpaired) electrons. The highest BCUT2D eigenvalue weighted by molar-refractivity contribution is 6.04. The van der Waals surface area contributed by atoms with Gasteiger partial charge in [0.15, 0.2) is 0 Å². The van der Waals surface area contributed by atoms with Crippen molar-refractivity contribution in [1.82, 2.24) is 0 Å². The van der Waals surface area contributed by atoms with Crippen molar-refractivity contribution in [3.8, 4) is 11.5 Å². The van der Waals surface area contributed by atoms with E-state index < -0.39 is 35.1 Å². The Bertz CT molecular complexity index is 1190. The van der Waals surface area contributed by atoms with Crippen LogP contribution in [0, 0.1) is 5.82 Å². The number of rotatable bonds is 8. The molecule has 0 saturated heterocycles. The van der Waals surface area contributed by atoms with Crippen molar-refractivity contribution >= 4 is 23.2 Å². The number of halogens is 4. The summed E-state index contributed by atoms with van der Waals surface area (Å²) < 4.78 is 64.4. The molecule has 3 aromatic carbocycles. The topological polar surface area (TPSA) is 76.7 Å². The van der Waals surface area contributed by atoms with Crippen LogP contribution in [-0.4, -0.2) is 26.0 Å². The van der Waals surface area contributed by atoms with E-state index in [1.165, 1.54) is 32.4 Å². The number of nitrogens with one attached hydrogen (secondary N) is 2.